The van der Waals surface area contributed by atoms with E-state index in [1.807, 2.05) is 20.8 Å². The second-order valence-corrected chi connectivity index (χ2v) is 20.8. The SMILES string of the molecule is CC[Si](CC)(CC)O[C@H]1C[C@H]2OC[C@@]2(OC(C)=O)[C@H]2[C@H](OC(=O)c3ccccc3)[C@]34OC(=O)C[C@@]3(OO)C(=O)C(C)=C([C@@H](OC(C)=O)C(=O)[C@]12C)C4(C)C. The van der Waals surface area contributed by atoms with E-state index in [0.717, 1.165) is 6.92 Å². The van der Waals surface area contributed by atoms with Crippen molar-refractivity contribution < 1.29 is 67.0 Å². The molecule has 54 heavy (non-hydrogen) atoms. The number of benzene rings is 1. The predicted molar refractivity (Wildman–Crippen MR) is 190 cm³/mol. The highest BCUT2D eigenvalue weighted by Gasteiger charge is 2.87. The number of hydrogen-bond acceptors (Lipinski definition) is 14. The van der Waals surface area contributed by atoms with Crippen molar-refractivity contribution in [1.29, 1.82) is 0 Å². The van der Waals surface area contributed by atoms with Crippen molar-refractivity contribution in [3.8, 4) is 0 Å². The molecule has 0 aromatic heterocycles. The first-order valence-corrected chi connectivity index (χ1v) is 21.1. The summed E-state index contributed by atoms with van der Waals surface area (Å²) in [5.74, 6) is -6.63. The zero-order valence-corrected chi connectivity index (χ0v) is 33.3. The fourth-order valence-corrected chi connectivity index (χ4v) is 13.5. The first-order chi connectivity index (χ1) is 25.3. The van der Waals surface area contributed by atoms with Crippen molar-refractivity contribution in [3.05, 3.63) is 47.0 Å². The zero-order valence-electron chi connectivity index (χ0n) is 32.3. The molecule has 5 aliphatic rings. The van der Waals surface area contributed by atoms with Gasteiger partial charge in [0.1, 0.15) is 6.10 Å². The van der Waals surface area contributed by atoms with Crippen LogP contribution in [0.4, 0.5) is 0 Å². The molecule has 294 valence electrons. The van der Waals surface area contributed by atoms with E-state index in [1.165, 1.54) is 26.0 Å². The number of hydrogen-bond donors (Lipinski definition) is 1. The van der Waals surface area contributed by atoms with Crippen LogP contribution in [0.1, 0.15) is 85.5 Å². The van der Waals surface area contributed by atoms with Crippen molar-refractivity contribution in [1.82, 2.24) is 0 Å². The van der Waals surface area contributed by atoms with Gasteiger partial charge in [0.05, 0.1) is 36.0 Å². The Kier molecular flexibility index (Phi) is 9.95. The van der Waals surface area contributed by atoms with Crippen molar-refractivity contribution >= 4 is 43.8 Å². The molecule has 0 radical (unpaired) electrons. The smallest absolute Gasteiger partial charge is 0.338 e. The Balaban J connectivity index is 1.79. The Bertz CT molecular complexity index is 1790. The molecular weight excluding hydrogens is 721 g/mol. The Morgan fingerprint density at radius 3 is 2.09 bits per heavy atom. The van der Waals surface area contributed by atoms with Gasteiger partial charge >= 0.3 is 23.9 Å². The van der Waals surface area contributed by atoms with E-state index < -0.39 is 108 Å². The number of carbonyl (C=O) groups is 6. The monoisotopic (exact) mass is 770 g/mol. The summed E-state index contributed by atoms with van der Waals surface area (Å²) < 4.78 is 38.5. The van der Waals surface area contributed by atoms with E-state index in [-0.39, 0.29) is 29.7 Å². The van der Waals surface area contributed by atoms with E-state index >= 15 is 4.79 Å². The molecule has 1 aromatic carbocycles. The number of carbonyl (C=O) groups excluding carboxylic acids is 6. The van der Waals surface area contributed by atoms with Crippen LogP contribution in [0.15, 0.2) is 41.5 Å². The number of Topliss-reactive ketones (excluding diaryl/α,β-unsaturated/α-hetero) is 2. The van der Waals surface area contributed by atoms with Crippen LogP contribution in [0.2, 0.25) is 18.1 Å². The second-order valence-electron chi connectivity index (χ2n) is 16.0. The third-order valence-electron chi connectivity index (χ3n) is 13.4. The van der Waals surface area contributed by atoms with E-state index in [1.54, 1.807) is 39.0 Å². The Hall–Kier alpha value is -3.76. The lowest BCUT2D eigenvalue weighted by Crippen LogP contribution is -2.85. The van der Waals surface area contributed by atoms with Gasteiger partial charge in [-0.3, -0.25) is 29.2 Å². The van der Waals surface area contributed by atoms with E-state index in [2.05, 4.69) is 0 Å². The van der Waals surface area contributed by atoms with Gasteiger partial charge in [-0.2, -0.15) is 0 Å². The molecule has 2 bridgehead atoms. The minimum atomic E-state index is -2.62. The van der Waals surface area contributed by atoms with Gasteiger partial charge in [0.15, 0.2) is 43.3 Å². The molecule has 4 fully saturated rings. The highest BCUT2D eigenvalue weighted by molar-refractivity contribution is 6.73. The van der Waals surface area contributed by atoms with E-state index in [4.69, 9.17) is 33.0 Å². The summed E-state index contributed by atoms with van der Waals surface area (Å²) >= 11 is 0. The number of esters is 4. The fraction of sp³-hybridized carbons (Fsp3) is 0.641. The number of ketones is 2. The van der Waals surface area contributed by atoms with Crippen molar-refractivity contribution in [2.75, 3.05) is 6.61 Å². The summed E-state index contributed by atoms with van der Waals surface area (Å²) in [6.07, 6.45) is -6.30. The standard InChI is InChI=1S/C39H50O14Si/c1-10-54(11-2,12-3)52-25-18-26-37(20-47-26,50-23(6)41)30-33(49-34(45)24-16-14-13-15-17-24)39-35(7,8)28(29(48-22(5)40)32(44)36(25,30)9)21(4)31(43)38(39,53-46)19-27(42)51-39/h13-17,25-26,29-30,33,46H,10-12,18-20H2,1-9H3/t25-,26+,29+,30-,33-,36+,37-,38+,39+/m0/s1. The Morgan fingerprint density at radius 1 is 0.944 bits per heavy atom. The fourth-order valence-electron chi connectivity index (χ4n) is 10.6. The topological polar surface area (TPSA) is 187 Å². The zero-order chi connectivity index (χ0) is 39.8. The molecule has 0 amide bonds. The van der Waals surface area contributed by atoms with Gasteiger partial charge < -0.3 is 28.1 Å². The van der Waals surface area contributed by atoms with E-state index in [9.17, 15) is 29.2 Å². The molecule has 0 unspecified atom stereocenters. The summed E-state index contributed by atoms with van der Waals surface area (Å²) in [5.41, 5.74) is -10.4. The normalized spacial score (nSPS) is 36.7. The summed E-state index contributed by atoms with van der Waals surface area (Å²) in [4.78, 5) is 90.5. The second kappa shape index (κ2) is 13.5. The summed E-state index contributed by atoms with van der Waals surface area (Å²) in [6.45, 7) is 14.2. The molecule has 1 spiro atoms. The van der Waals surface area contributed by atoms with Gasteiger partial charge in [-0.15, -0.1) is 0 Å². The largest absolute Gasteiger partial charge is 0.454 e. The lowest BCUT2D eigenvalue weighted by Gasteiger charge is -2.69. The highest BCUT2D eigenvalue weighted by Crippen LogP contribution is 2.69. The van der Waals surface area contributed by atoms with Crippen LogP contribution in [0.3, 0.4) is 0 Å². The molecule has 14 nitrogen and oxygen atoms in total. The van der Waals surface area contributed by atoms with Crippen molar-refractivity contribution in [2.45, 2.75) is 135 Å². The van der Waals surface area contributed by atoms with Crippen molar-refractivity contribution in [2.24, 2.45) is 16.7 Å². The maximum absolute atomic E-state index is 15.9. The first-order valence-electron chi connectivity index (χ1n) is 18.6. The summed E-state index contributed by atoms with van der Waals surface area (Å²) in [6, 6.07) is 9.97. The van der Waals surface area contributed by atoms with Crippen LogP contribution in [-0.4, -0.2) is 96.8 Å². The molecule has 1 N–H and O–H groups in total. The van der Waals surface area contributed by atoms with Crippen LogP contribution in [0.25, 0.3) is 0 Å². The average molecular weight is 771 g/mol. The molecule has 3 aliphatic carbocycles. The lowest BCUT2D eigenvalue weighted by atomic mass is 9.42. The molecular formula is C39H50O14Si. The molecule has 6 rings (SSSR count). The number of ether oxygens (including phenoxy) is 5. The van der Waals surface area contributed by atoms with E-state index in [0.29, 0.717) is 18.1 Å². The minimum Gasteiger partial charge on any atom is -0.454 e. The molecule has 2 heterocycles. The van der Waals surface area contributed by atoms with Crippen molar-refractivity contribution in [3.63, 3.8) is 0 Å². The maximum Gasteiger partial charge on any atom is 0.338 e. The minimum absolute atomic E-state index is 0.0206. The molecule has 1 aromatic rings. The number of fused-ring (bicyclic) bond motifs is 4. The van der Waals surface area contributed by atoms with Gasteiger partial charge in [0.2, 0.25) is 5.60 Å². The lowest BCUT2D eigenvalue weighted by molar-refractivity contribution is -0.382. The van der Waals surface area contributed by atoms with Gasteiger partial charge in [-0.1, -0.05) is 52.8 Å². The van der Waals surface area contributed by atoms with Gasteiger partial charge in [-0.25, -0.2) is 9.68 Å². The highest BCUT2D eigenvalue weighted by atomic mass is 28.4. The van der Waals surface area contributed by atoms with Crippen LogP contribution < -0.4 is 0 Å². The molecule has 9 atom stereocenters. The Morgan fingerprint density at radius 2 is 1.57 bits per heavy atom. The van der Waals surface area contributed by atoms with Gasteiger partial charge in [-0.05, 0) is 55.3 Å². The number of rotatable bonds is 10. The molecule has 2 aliphatic heterocycles. The molecule has 2 saturated carbocycles. The third-order valence-corrected chi connectivity index (χ3v) is 18.0. The molecule has 2 saturated heterocycles. The van der Waals surface area contributed by atoms with Crippen LogP contribution in [-0.2, 0) is 57.0 Å². The molecule has 15 heteroatoms. The maximum atomic E-state index is 15.9. The quantitative estimate of drug-likeness (QED) is 0.114. The first kappa shape index (κ1) is 39.9. The summed E-state index contributed by atoms with van der Waals surface area (Å²) in [7, 11) is -2.62. The van der Waals surface area contributed by atoms with Crippen LogP contribution in [0, 0.1) is 16.7 Å². The predicted octanol–water partition coefficient (Wildman–Crippen LogP) is 4.68. The average Bonchev–Trinajstić information content (AvgIpc) is 3.46. The Labute approximate surface area is 315 Å². The third kappa shape index (κ3) is 5.17. The summed E-state index contributed by atoms with van der Waals surface area (Å²) in [5, 5.41) is 11.0. The van der Waals surface area contributed by atoms with Gasteiger partial charge in [0.25, 0.3) is 0 Å². The van der Waals surface area contributed by atoms with Gasteiger partial charge in [0, 0.05) is 25.7 Å². The van der Waals surface area contributed by atoms with Crippen LogP contribution >= 0.6 is 0 Å². The van der Waals surface area contributed by atoms with Crippen LogP contribution in [0.5, 0.6) is 0 Å².